The second-order valence-corrected chi connectivity index (χ2v) is 7.23. The number of piperidine rings is 1. The molecule has 0 aliphatic carbocycles. The van der Waals surface area contributed by atoms with Crippen molar-refractivity contribution in [2.45, 2.75) is 37.6 Å². The molecule has 0 amide bonds. The van der Waals surface area contributed by atoms with Crippen molar-refractivity contribution in [3.05, 3.63) is 29.1 Å². The van der Waals surface area contributed by atoms with Gasteiger partial charge in [-0.05, 0) is 57.0 Å². The highest BCUT2D eigenvalue weighted by Gasteiger charge is 2.31. The van der Waals surface area contributed by atoms with Gasteiger partial charge in [-0.3, -0.25) is 0 Å². The lowest BCUT2D eigenvalue weighted by Gasteiger charge is -2.32. The number of aryl methyl sites for hydroxylation is 2. The van der Waals surface area contributed by atoms with Crippen molar-refractivity contribution in [3.8, 4) is 0 Å². The third-order valence-electron chi connectivity index (χ3n) is 3.82. The van der Waals surface area contributed by atoms with Gasteiger partial charge in [0.05, 0.1) is 4.90 Å². The van der Waals surface area contributed by atoms with Gasteiger partial charge in [0.1, 0.15) is 5.82 Å². The number of hydrogen-bond donors (Lipinski definition) is 1. The van der Waals surface area contributed by atoms with Crippen molar-refractivity contribution in [1.82, 2.24) is 9.62 Å². The molecule has 0 radical (unpaired) electrons. The fraction of sp³-hybridized carbons (Fsp3) is 0.571. The van der Waals surface area contributed by atoms with Crippen LogP contribution >= 0.6 is 12.4 Å². The van der Waals surface area contributed by atoms with E-state index in [4.69, 9.17) is 0 Å². The number of hydrogen-bond acceptors (Lipinski definition) is 3. The molecule has 1 fully saturated rings. The second kappa shape index (κ2) is 7.05. The Labute approximate surface area is 132 Å². The summed E-state index contributed by atoms with van der Waals surface area (Å²) < 4.78 is 40.4. The Bertz CT molecular complexity index is 584. The minimum Gasteiger partial charge on any atom is -0.316 e. The van der Waals surface area contributed by atoms with E-state index in [0.717, 1.165) is 12.8 Å². The summed E-state index contributed by atoms with van der Waals surface area (Å²) in [5.41, 5.74) is 0.933. The molecule has 2 rings (SSSR count). The summed E-state index contributed by atoms with van der Waals surface area (Å²) in [4.78, 5) is 0.246. The van der Waals surface area contributed by atoms with Gasteiger partial charge in [0.2, 0.25) is 10.0 Å². The topological polar surface area (TPSA) is 49.4 Å². The van der Waals surface area contributed by atoms with E-state index in [1.807, 2.05) is 7.05 Å². The van der Waals surface area contributed by atoms with E-state index in [1.165, 1.54) is 16.4 Å². The molecule has 21 heavy (non-hydrogen) atoms. The van der Waals surface area contributed by atoms with Crippen LogP contribution in [0.4, 0.5) is 4.39 Å². The highest BCUT2D eigenvalue weighted by molar-refractivity contribution is 7.89. The van der Waals surface area contributed by atoms with Gasteiger partial charge in [-0.1, -0.05) is 0 Å². The van der Waals surface area contributed by atoms with E-state index in [2.05, 4.69) is 5.32 Å². The van der Waals surface area contributed by atoms with Gasteiger partial charge in [0.15, 0.2) is 0 Å². The summed E-state index contributed by atoms with van der Waals surface area (Å²) in [5.74, 6) is -0.398. The molecule has 7 heteroatoms. The number of rotatable bonds is 3. The Hall–Kier alpha value is -0.690. The molecule has 0 aromatic heterocycles. The van der Waals surface area contributed by atoms with Crippen molar-refractivity contribution in [2.24, 2.45) is 0 Å². The number of nitrogens with zero attached hydrogens (tertiary/aromatic N) is 1. The van der Waals surface area contributed by atoms with Crippen LogP contribution in [0.1, 0.15) is 24.0 Å². The summed E-state index contributed by atoms with van der Waals surface area (Å²) in [7, 11) is -1.71. The van der Waals surface area contributed by atoms with Crippen LogP contribution < -0.4 is 5.32 Å². The molecule has 0 bridgehead atoms. The van der Waals surface area contributed by atoms with E-state index < -0.39 is 15.8 Å². The van der Waals surface area contributed by atoms with Crippen LogP contribution in [0.25, 0.3) is 0 Å². The van der Waals surface area contributed by atoms with Gasteiger partial charge in [0.25, 0.3) is 0 Å². The lowest BCUT2D eigenvalue weighted by Crippen LogP contribution is -2.47. The van der Waals surface area contributed by atoms with Gasteiger partial charge in [-0.15, -0.1) is 12.4 Å². The molecule has 1 N–H and O–H groups in total. The predicted molar refractivity (Wildman–Crippen MR) is 84.0 cm³/mol. The zero-order valence-electron chi connectivity index (χ0n) is 12.5. The molecule has 4 nitrogen and oxygen atoms in total. The fourth-order valence-corrected chi connectivity index (χ4v) is 4.77. The molecule has 1 aliphatic heterocycles. The monoisotopic (exact) mass is 336 g/mol. The molecule has 1 aliphatic rings. The Morgan fingerprint density at radius 2 is 1.86 bits per heavy atom. The van der Waals surface area contributed by atoms with E-state index in [0.29, 0.717) is 24.2 Å². The zero-order valence-corrected chi connectivity index (χ0v) is 14.2. The summed E-state index contributed by atoms with van der Waals surface area (Å²) in [5, 5.41) is 3.13. The summed E-state index contributed by atoms with van der Waals surface area (Å²) >= 11 is 0. The first-order chi connectivity index (χ1) is 9.36. The lowest BCUT2D eigenvalue weighted by atomic mass is 10.1. The van der Waals surface area contributed by atoms with Crippen molar-refractivity contribution in [2.75, 3.05) is 20.1 Å². The smallest absolute Gasteiger partial charge is 0.243 e. The molecule has 120 valence electrons. The molecule has 1 saturated heterocycles. The maximum atomic E-state index is 13.3. The number of nitrogens with one attached hydrogen (secondary N) is 1. The molecule has 1 heterocycles. The maximum absolute atomic E-state index is 13.3. The first-order valence-corrected chi connectivity index (χ1v) is 8.24. The molecule has 1 aromatic carbocycles. The molecule has 1 unspecified atom stereocenters. The Kier molecular flexibility index (Phi) is 6.16. The number of sulfonamides is 1. The van der Waals surface area contributed by atoms with Crippen LogP contribution in [0, 0.1) is 19.7 Å². The third kappa shape index (κ3) is 3.74. The molecular formula is C14H22ClFN2O2S. The second-order valence-electron chi connectivity index (χ2n) is 5.36. The van der Waals surface area contributed by atoms with Crippen molar-refractivity contribution in [3.63, 3.8) is 0 Å². The zero-order chi connectivity index (χ0) is 14.9. The summed E-state index contributed by atoms with van der Waals surface area (Å²) in [6.45, 7) is 4.27. The van der Waals surface area contributed by atoms with Crippen molar-refractivity contribution < 1.29 is 12.8 Å². The number of halogens is 2. The van der Waals surface area contributed by atoms with Crippen LogP contribution in [0.15, 0.2) is 17.0 Å². The fourth-order valence-electron chi connectivity index (χ4n) is 2.83. The van der Waals surface area contributed by atoms with Crippen LogP contribution in [-0.4, -0.2) is 38.9 Å². The minimum absolute atomic E-state index is 0. The third-order valence-corrected chi connectivity index (χ3v) is 5.99. The molecule has 1 aromatic rings. The van der Waals surface area contributed by atoms with Crippen LogP contribution in [0.3, 0.4) is 0 Å². The SMILES string of the molecule is CNC1CCCN(S(=O)(=O)c2c(C)cc(F)cc2C)C1.Cl. The average molecular weight is 337 g/mol. The van der Waals surface area contributed by atoms with Gasteiger partial charge < -0.3 is 5.32 Å². The Balaban J connectivity index is 0.00000220. The maximum Gasteiger partial charge on any atom is 0.243 e. The van der Waals surface area contributed by atoms with E-state index >= 15 is 0 Å². The predicted octanol–water partition coefficient (Wildman–Crippen LogP) is 2.24. The van der Waals surface area contributed by atoms with Crippen LogP contribution in [0.2, 0.25) is 0 Å². The van der Waals surface area contributed by atoms with E-state index in [-0.39, 0.29) is 23.3 Å². The average Bonchev–Trinajstić information content (AvgIpc) is 2.37. The van der Waals surface area contributed by atoms with Crippen molar-refractivity contribution >= 4 is 22.4 Å². The molecule has 1 atom stereocenters. The van der Waals surface area contributed by atoms with Crippen molar-refractivity contribution in [1.29, 1.82) is 0 Å². The summed E-state index contributed by atoms with van der Waals surface area (Å²) in [6, 6.07) is 2.73. The number of benzene rings is 1. The summed E-state index contributed by atoms with van der Waals surface area (Å²) in [6.07, 6.45) is 1.81. The van der Waals surface area contributed by atoms with Crippen LogP contribution in [0.5, 0.6) is 0 Å². The largest absolute Gasteiger partial charge is 0.316 e. The molecule has 0 spiro atoms. The van der Waals surface area contributed by atoms with Gasteiger partial charge >= 0.3 is 0 Å². The van der Waals surface area contributed by atoms with Gasteiger partial charge in [-0.2, -0.15) is 4.31 Å². The molecular weight excluding hydrogens is 315 g/mol. The quantitative estimate of drug-likeness (QED) is 0.921. The van der Waals surface area contributed by atoms with Gasteiger partial charge in [0, 0.05) is 19.1 Å². The Morgan fingerprint density at radius 3 is 2.38 bits per heavy atom. The standard InChI is InChI=1S/C14H21FN2O2S.ClH/c1-10-7-12(15)8-11(2)14(10)20(18,19)17-6-4-5-13(9-17)16-3;/h7-8,13,16H,4-6,9H2,1-3H3;1H. The first kappa shape index (κ1) is 18.4. The Morgan fingerprint density at radius 1 is 1.29 bits per heavy atom. The minimum atomic E-state index is -3.56. The first-order valence-electron chi connectivity index (χ1n) is 6.80. The highest BCUT2D eigenvalue weighted by atomic mass is 35.5. The highest BCUT2D eigenvalue weighted by Crippen LogP contribution is 2.27. The normalized spacial score (nSPS) is 20.1. The van der Waals surface area contributed by atoms with E-state index in [1.54, 1.807) is 13.8 Å². The lowest BCUT2D eigenvalue weighted by molar-refractivity contribution is 0.292. The number of likely N-dealkylation sites (N-methyl/N-ethyl adjacent to an activating group) is 1. The van der Waals surface area contributed by atoms with Gasteiger partial charge in [-0.25, -0.2) is 12.8 Å². The molecule has 0 saturated carbocycles. The van der Waals surface area contributed by atoms with Crippen LogP contribution in [-0.2, 0) is 10.0 Å². The van der Waals surface area contributed by atoms with E-state index in [9.17, 15) is 12.8 Å².